The third-order valence-electron chi connectivity index (χ3n) is 6.79. The van der Waals surface area contributed by atoms with Crippen LogP contribution in [0, 0.1) is 17.8 Å². The number of para-hydroxylation sites is 1. The van der Waals surface area contributed by atoms with Crippen molar-refractivity contribution in [3.63, 3.8) is 0 Å². The van der Waals surface area contributed by atoms with E-state index < -0.39 is 0 Å². The van der Waals surface area contributed by atoms with Crippen molar-refractivity contribution in [3.8, 4) is 0 Å². The Bertz CT molecular complexity index is 657. The molecule has 4 atom stereocenters. The summed E-state index contributed by atoms with van der Waals surface area (Å²) in [6, 6.07) is 9.84. The minimum atomic E-state index is -0.308. The van der Waals surface area contributed by atoms with Crippen LogP contribution in [0.15, 0.2) is 30.3 Å². The van der Waals surface area contributed by atoms with Gasteiger partial charge in [-0.05, 0) is 50.2 Å². The van der Waals surface area contributed by atoms with E-state index in [1.807, 2.05) is 30.3 Å². The Kier molecular flexibility index (Phi) is 7.96. The fourth-order valence-corrected chi connectivity index (χ4v) is 5.21. The average Bonchev–Trinajstić information content (AvgIpc) is 2.74. The molecule has 2 fully saturated rings. The number of anilines is 1. The van der Waals surface area contributed by atoms with E-state index in [0.717, 1.165) is 44.2 Å². The fourth-order valence-electron chi connectivity index (χ4n) is 5.21. The minimum Gasteiger partial charge on any atom is -0.446 e. The summed E-state index contributed by atoms with van der Waals surface area (Å²) in [6.45, 7) is 4.25. The van der Waals surface area contributed by atoms with Crippen LogP contribution in [0.5, 0.6) is 0 Å². The Morgan fingerprint density at radius 3 is 2.34 bits per heavy atom. The Labute approximate surface area is 175 Å². The van der Waals surface area contributed by atoms with Gasteiger partial charge in [-0.15, -0.1) is 0 Å². The molecule has 5 nitrogen and oxygen atoms in total. The summed E-state index contributed by atoms with van der Waals surface area (Å²) in [4.78, 5) is 25.7. The molecule has 0 spiro atoms. The van der Waals surface area contributed by atoms with Gasteiger partial charge in [-0.25, -0.2) is 4.79 Å². The van der Waals surface area contributed by atoms with Crippen molar-refractivity contribution in [2.24, 2.45) is 17.8 Å². The van der Waals surface area contributed by atoms with Crippen LogP contribution < -0.4 is 10.6 Å². The van der Waals surface area contributed by atoms with Gasteiger partial charge in [0.1, 0.15) is 6.10 Å². The third kappa shape index (κ3) is 5.74. The Morgan fingerprint density at radius 2 is 1.69 bits per heavy atom. The van der Waals surface area contributed by atoms with Gasteiger partial charge < -0.3 is 15.4 Å². The lowest BCUT2D eigenvalue weighted by Gasteiger charge is -2.41. The SMILES string of the molecule is CCC1CCC(OC(=O)NC2CCCCC2)C(CC)C1C(=O)Nc1ccccc1. The van der Waals surface area contributed by atoms with Gasteiger partial charge >= 0.3 is 6.09 Å². The third-order valence-corrected chi connectivity index (χ3v) is 6.79. The molecule has 2 saturated carbocycles. The van der Waals surface area contributed by atoms with Crippen molar-refractivity contribution in [2.75, 3.05) is 5.32 Å². The standard InChI is InChI=1S/C24H36N2O3/c1-3-17-15-16-21(29-24(28)26-19-13-9-6-10-14-19)20(4-2)22(17)23(27)25-18-11-7-5-8-12-18/h5,7-8,11-12,17,19-22H,3-4,6,9-10,13-16H2,1-2H3,(H,25,27)(H,26,28). The molecule has 0 bridgehead atoms. The first kappa shape index (κ1) is 21.7. The first-order chi connectivity index (χ1) is 14.1. The topological polar surface area (TPSA) is 67.4 Å². The van der Waals surface area contributed by atoms with Crippen LogP contribution in [0.4, 0.5) is 10.5 Å². The summed E-state index contributed by atoms with van der Waals surface area (Å²) >= 11 is 0. The van der Waals surface area contributed by atoms with Crippen molar-refractivity contribution >= 4 is 17.7 Å². The van der Waals surface area contributed by atoms with Crippen molar-refractivity contribution in [1.29, 1.82) is 0 Å². The minimum absolute atomic E-state index is 0.0505. The Hall–Kier alpha value is -2.04. The van der Waals surface area contributed by atoms with E-state index in [9.17, 15) is 9.59 Å². The average molecular weight is 401 g/mol. The van der Waals surface area contributed by atoms with Crippen molar-refractivity contribution < 1.29 is 14.3 Å². The van der Waals surface area contributed by atoms with Gasteiger partial charge in [0.15, 0.2) is 0 Å². The molecule has 2 aliphatic carbocycles. The number of carbonyl (C=O) groups is 2. The fraction of sp³-hybridized carbons (Fsp3) is 0.667. The highest BCUT2D eigenvalue weighted by molar-refractivity contribution is 5.93. The first-order valence-electron chi connectivity index (χ1n) is 11.4. The van der Waals surface area contributed by atoms with Crippen molar-refractivity contribution in [3.05, 3.63) is 30.3 Å². The van der Waals surface area contributed by atoms with Gasteiger partial charge in [0.25, 0.3) is 0 Å². The monoisotopic (exact) mass is 400 g/mol. The predicted molar refractivity (Wildman–Crippen MR) is 116 cm³/mol. The maximum Gasteiger partial charge on any atom is 0.407 e. The highest BCUT2D eigenvalue weighted by atomic mass is 16.6. The van der Waals surface area contributed by atoms with Gasteiger partial charge in [-0.3, -0.25) is 4.79 Å². The number of amides is 2. The van der Waals surface area contributed by atoms with Crippen molar-refractivity contribution in [1.82, 2.24) is 5.32 Å². The molecule has 0 saturated heterocycles. The van der Waals surface area contributed by atoms with Gasteiger partial charge in [0.05, 0.1) is 0 Å². The zero-order chi connectivity index (χ0) is 20.6. The molecular formula is C24H36N2O3. The van der Waals surface area contributed by atoms with E-state index in [-0.39, 0.29) is 36.0 Å². The zero-order valence-corrected chi connectivity index (χ0v) is 17.9. The highest BCUT2D eigenvalue weighted by Gasteiger charge is 2.43. The van der Waals surface area contributed by atoms with Gasteiger partial charge in [0, 0.05) is 23.6 Å². The lowest BCUT2D eigenvalue weighted by Crippen LogP contribution is -2.47. The summed E-state index contributed by atoms with van der Waals surface area (Å²) in [7, 11) is 0. The van der Waals surface area contributed by atoms with Crippen LogP contribution in [0.25, 0.3) is 0 Å². The van der Waals surface area contributed by atoms with E-state index in [1.165, 1.54) is 19.3 Å². The van der Waals surface area contributed by atoms with Crippen LogP contribution in [0.1, 0.15) is 71.6 Å². The summed E-state index contributed by atoms with van der Waals surface area (Å²) in [5.74, 6) is 0.293. The zero-order valence-electron chi connectivity index (χ0n) is 17.9. The molecular weight excluding hydrogens is 364 g/mol. The summed E-state index contributed by atoms with van der Waals surface area (Å²) < 4.78 is 5.89. The number of hydrogen-bond donors (Lipinski definition) is 2. The number of hydrogen-bond acceptors (Lipinski definition) is 3. The summed E-state index contributed by atoms with van der Waals surface area (Å²) in [5, 5.41) is 6.14. The van der Waals surface area contributed by atoms with E-state index in [1.54, 1.807) is 0 Å². The molecule has 160 valence electrons. The van der Waals surface area contributed by atoms with Crippen LogP contribution >= 0.6 is 0 Å². The molecule has 0 aromatic heterocycles. The molecule has 2 aliphatic rings. The van der Waals surface area contributed by atoms with Crippen molar-refractivity contribution in [2.45, 2.75) is 83.8 Å². The predicted octanol–water partition coefficient (Wildman–Crippen LogP) is 5.52. The Morgan fingerprint density at radius 1 is 0.966 bits per heavy atom. The lowest BCUT2D eigenvalue weighted by atomic mass is 9.68. The molecule has 0 heterocycles. The quantitative estimate of drug-likeness (QED) is 0.661. The van der Waals surface area contributed by atoms with E-state index in [4.69, 9.17) is 4.74 Å². The number of benzene rings is 1. The van der Waals surface area contributed by atoms with E-state index in [0.29, 0.717) is 5.92 Å². The van der Waals surface area contributed by atoms with Crippen LogP contribution in [0.3, 0.4) is 0 Å². The Balaban J connectivity index is 1.65. The molecule has 2 amide bonds. The normalized spacial score (nSPS) is 27.8. The molecule has 29 heavy (non-hydrogen) atoms. The molecule has 2 N–H and O–H groups in total. The molecule has 4 unspecified atom stereocenters. The summed E-state index contributed by atoms with van der Waals surface area (Å²) in [5.41, 5.74) is 0.820. The number of rotatable bonds is 6. The molecule has 5 heteroatoms. The first-order valence-corrected chi connectivity index (χ1v) is 11.4. The maximum absolute atomic E-state index is 13.2. The largest absolute Gasteiger partial charge is 0.446 e. The van der Waals surface area contributed by atoms with Crippen LogP contribution in [0.2, 0.25) is 0 Å². The maximum atomic E-state index is 13.2. The number of carbonyl (C=O) groups excluding carboxylic acids is 2. The van der Waals surface area contributed by atoms with Gasteiger partial charge in [0.2, 0.25) is 5.91 Å². The second-order valence-electron chi connectivity index (χ2n) is 8.62. The lowest BCUT2D eigenvalue weighted by molar-refractivity contribution is -0.129. The second-order valence-corrected chi connectivity index (χ2v) is 8.62. The number of ether oxygens (including phenoxy) is 1. The molecule has 0 radical (unpaired) electrons. The summed E-state index contributed by atoms with van der Waals surface area (Å²) in [6.07, 6.45) is 8.71. The van der Waals surface area contributed by atoms with Crippen LogP contribution in [-0.2, 0) is 9.53 Å². The van der Waals surface area contributed by atoms with E-state index in [2.05, 4.69) is 24.5 Å². The molecule has 1 aromatic carbocycles. The molecule has 1 aromatic rings. The number of nitrogens with one attached hydrogen (secondary N) is 2. The highest BCUT2D eigenvalue weighted by Crippen LogP contribution is 2.41. The van der Waals surface area contributed by atoms with Gasteiger partial charge in [-0.2, -0.15) is 0 Å². The molecule has 3 rings (SSSR count). The number of alkyl carbamates (subject to hydrolysis) is 1. The second kappa shape index (κ2) is 10.7. The van der Waals surface area contributed by atoms with Gasteiger partial charge in [-0.1, -0.05) is 57.7 Å². The van der Waals surface area contributed by atoms with Crippen LogP contribution in [-0.4, -0.2) is 24.1 Å². The molecule has 0 aliphatic heterocycles. The van der Waals surface area contributed by atoms with E-state index >= 15 is 0 Å². The smallest absolute Gasteiger partial charge is 0.407 e.